The monoisotopic (exact) mass is 496 g/mol. The predicted molar refractivity (Wildman–Crippen MR) is 132 cm³/mol. The van der Waals surface area contributed by atoms with Gasteiger partial charge in [0, 0.05) is 5.57 Å². The number of likely N-dealkylation sites (tertiary alicyclic amines) is 1. The zero-order chi connectivity index (χ0) is 26.4. The number of methoxy groups -OCH3 is 3. The molecule has 0 spiro atoms. The lowest BCUT2D eigenvalue weighted by Crippen LogP contribution is -3.06. The number of hydrogen-bond acceptors (Lipinski definition) is 7. The molecule has 0 radical (unpaired) electrons. The number of ether oxygens (including phenoxy) is 4. The molecule has 1 N–H and O–H groups in total. The molecular weight excluding hydrogens is 464 g/mol. The maximum absolute atomic E-state index is 13.6. The molecule has 1 atom stereocenters. The minimum Gasteiger partial charge on any atom is -0.872 e. The molecule has 9 heteroatoms. The number of Topliss-reactive ketones (excluding diaryl/α,β-unsaturated/α-hetero) is 1. The smallest absolute Gasteiger partial charge is 0.295 e. The Balaban J connectivity index is 2.18. The summed E-state index contributed by atoms with van der Waals surface area (Å²) in [6.07, 6.45) is 1.61. The van der Waals surface area contributed by atoms with Crippen LogP contribution < -0.4 is 29.0 Å². The Hall–Kier alpha value is -3.98. The van der Waals surface area contributed by atoms with E-state index in [0.717, 1.165) is 4.90 Å². The van der Waals surface area contributed by atoms with E-state index in [-0.39, 0.29) is 17.7 Å². The third kappa shape index (κ3) is 5.31. The number of amides is 1. The van der Waals surface area contributed by atoms with E-state index in [1.807, 2.05) is 14.1 Å². The highest BCUT2D eigenvalue weighted by Crippen LogP contribution is 2.45. The van der Waals surface area contributed by atoms with E-state index in [4.69, 9.17) is 18.9 Å². The molecule has 1 saturated heterocycles. The molecule has 36 heavy (non-hydrogen) atoms. The van der Waals surface area contributed by atoms with Crippen molar-refractivity contribution in [2.75, 3.05) is 55.1 Å². The van der Waals surface area contributed by atoms with Gasteiger partial charge in [0.05, 0.1) is 54.6 Å². The Bertz CT molecular complexity index is 1130. The lowest BCUT2D eigenvalue weighted by Gasteiger charge is -2.28. The maximum atomic E-state index is 13.6. The molecular formula is C27H32N2O7. The largest absolute Gasteiger partial charge is 0.872 e. The average molecular weight is 497 g/mol. The Morgan fingerprint density at radius 1 is 1.06 bits per heavy atom. The summed E-state index contributed by atoms with van der Waals surface area (Å²) in [6, 6.07) is 8.83. The van der Waals surface area contributed by atoms with Gasteiger partial charge < -0.3 is 33.9 Å². The molecule has 9 nitrogen and oxygen atoms in total. The van der Waals surface area contributed by atoms with Gasteiger partial charge >= 0.3 is 0 Å². The number of rotatable bonds is 11. The second-order valence-corrected chi connectivity index (χ2v) is 8.51. The van der Waals surface area contributed by atoms with Crippen LogP contribution >= 0.6 is 0 Å². The zero-order valence-electron chi connectivity index (χ0n) is 21.3. The molecule has 1 unspecified atom stereocenters. The molecule has 1 aliphatic heterocycles. The number of carbonyl (C=O) groups excluding carboxylic acids is 2. The number of benzene rings is 2. The average Bonchev–Trinajstić information content (AvgIpc) is 3.14. The Labute approximate surface area is 211 Å². The maximum Gasteiger partial charge on any atom is 0.295 e. The van der Waals surface area contributed by atoms with Crippen LogP contribution in [0.15, 0.2) is 54.6 Å². The van der Waals surface area contributed by atoms with Gasteiger partial charge in [-0.3, -0.25) is 9.59 Å². The molecule has 1 heterocycles. The summed E-state index contributed by atoms with van der Waals surface area (Å²) in [6.45, 7) is 4.79. The SMILES string of the molecule is C=CCOc1ccc(C([O-])=C2C(=O)C(=O)N(CC[NH+](C)C)C2c2cc(OC)c(OC)c(OC)c2)cc1. The molecule has 0 aliphatic carbocycles. The van der Waals surface area contributed by atoms with Crippen LogP contribution in [0.1, 0.15) is 17.2 Å². The van der Waals surface area contributed by atoms with Crippen molar-refractivity contribution in [3.8, 4) is 23.0 Å². The molecule has 2 aromatic rings. The summed E-state index contributed by atoms with van der Waals surface area (Å²) in [5, 5.41) is 13.6. The highest BCUT2D eigenvalue weighted by Gasteiger charge is 2.45. The third-order valence-corrected chi connectivity index (χ3v) is 5.87. The van der Waals surface area contributed by atoms with E-state index in [1.165, 1.54) is 26.2 Å². The van der Waals surface area contributed by atoms with Crippen molar-refractivity contribution in [3.63, 3.8) is 0 Å². The molecule has 0 bridgehead atoms. The van der Waals surface area contributed by atoms with Crippen molar-refractivity contribution >= 4 is 17.4 Å². The van der Waals surface area contributed by atoms with Crippen LogP contribution in [0, 0.1) is 0 Å². The van der Waals surface area contributed by atoms with Crippen LogP contribution in [0.2, 0.25) is 0 Å². The molecule has 0 saturated carbocycles. The van der Waals surface area contributed by atoms with Gasteiger partial charge in [0.2, 0.25) is 11.5 Å². The van der Waals surface area contributed by atoms with Crippen molar-refractivity contribution in [1.29, 1.82) is 0 Å². The number of nitrogens with zero attached hydrogens (tertiary/aromatic N) is 1. The number of hydrogen-bond donors (Lipinski definition) is 1. The fraction of sp³-hybridized carbons (Fsp3) is 0.333. The predicted octanol–water partition coefficient (Wildman–Crippen LogP) is 0.646. The van der Waals surface area contributed by atoms with Gasteiger partial charge in [0.25, 0.3) is 5.91 Å². The first kappa shape index (κ1) is 26.6. The quantitative estimate of drug-likeness (QED) is 0.211. The second kappa shape index (κ2) is 11.6. The van der Waals surface area contributed by atoms with Crippen LogP contribution in [0.5, 0.6) is 23.0 Å². The lowest BCUT2D eigenvalue weighted by atomic mass is 9.94. The van der Waals surface area contributed by atoms with E-state index >= 15 is 0 Å². The van der Waals surface area contributed by atoms with Crippen LogP contribution in [0.3, 0.4) is 0 Å². The normalized spacial score (nSPS) is 16.8. The molecule has 1 fully saturated rings. The van der Waals surface area contributed by atoms with Gasteiger partial charge in [0.1, 0.15) is 12.4 Å². The number of nitrogens with one attached hydrogen (secondary N) is 1. The van der Waals surface area contributed by atoms with E-state index in [9.17, 15) is 14.7 Å². The van der Waals surface area contributed by atoms with Crippen molar-refractivity contribution < 1.29 is 38.5 Å². The third-order valence-electron chi connectivity index (χ3n) is 5.87. The van der Waals surface area contributed by atoms with Crippen molar-refractivity contribution in [1.82, 2.24) is 4.90 Å². The van der Waals surface area contributed by atoms with Crippen LogP contribution in [-0.2, 0) is 9.59 Å². The fourth-order valence-electron chi connectivity index (χ4n) is 4.06. The fourth-order valence-corrected chi connectivity index (χ4v) is 4.06. The van der Waals surface area contributed by atoms with Crippen molar-refractivity contribution in [3.05, 3.63) is 65.8 Å². The number of ketones is 1. The summed E-state index contributed by atoms with van der Waals surface area (Å²) < 4.78 is 21.9. The first-order valence-corrected chi connectivity index (χ1v) is 11.5. The van der Waals surface area contributed by atoms with Gasteiger partial charge in [-0.1, -0.05) is 30.5 Å². The van der Waals surface area contributed by atoms with Crippen molar-refractivity contribution in [2.45, 2.75) is 6.04 Å². The van der Waals surface area contributed by atoms with Crippen LogP contribution in [0.4, 0.5) is 0 Å². The van der Waals surface area contributed by atoms with Crippen LogP contribution in [0.25, 0.3) is 5.76 Å². The molecule has 3 rings (SSSR count). The van der Waals surface area contributed by atoms with E-state index in [0.29, 0.717) is 41.7 Å². The van der Waals surface area contributed by atoms with E-state index < -0.39 is 23.5 Å². The van der Waals surface area contributed by atoms with Gasteiger partial charge in [0.15, 0.2) is 11.5 Å². The first-order chi connectivity index (χ1) is 17.3. The Morgan fingerprint density at radius 3 is 2.17 bits per heavy atom. The summed E-state index contributed by atoms with van der Waals surface area (Å²) in [7, 11) is 8.33. The number of quaternary nitrogens is 1. The minimum absolute atomic E-state index is 0.122. The highest BCUT2D eigenvalue weighted by molar-refractivity contribution is 6.46. The summed E-state index contributed by atoms with van der Waals surface area (Å²) in [4.78, 5) is 28.9. The first-order valence-electron chi connectivity index (χ1n) is 11.5. The minimum atomic E-state index is -0.915. The number of carbonyl (C=O) groups is 2. The second-order valence-electron chi connectivity index (χ2n) is 8.51. The molecule has 2 aromatic carbocycles. The van der Waals surface area contributed by atoms with Crippen LogP contribution in [-0.4, -0.2) is 71.7 Å². The van der Waals surface area contributed by atoms with E-state index in [2.05, 4.69) is 6.58 Å². The Kier molecular flexibility index (Phi) is 8.60. The number of likely N-dealkylation sites (N-methyl/N-ethyl adjacent to an activating group) is 1. The summed E-state index contributed by atoms with van der Waals surface area (Å²) >= 11 is 0. The topological polar surface area (TPSA) is 102 Å². The van der Waals surface area contributed by atoms with Gasteiger partial charge in [-0.25, -0.2) is 0 Å². The molecule has 1 aliphatic rings. The molecule has 1 amide bonds. The summed E-state index contributed by atoms with van der Waals surface area (Å²) in [5.41, 5.74) is 0.657. The highest BCUT2D eigenvalue weighted by atomic mass is 16.5. The molecule has 0 aromatic heterocycles. The van der Waals surface area contributed by atoms with E-state index in [1.54, 1.807) is 42.5 Å². The Morgan fingerprint density at radius 2 is 1.67 bits per heavy atom. The molecule has 192 valence electrons. The van der Waals surface area contributed by atoms with Crippen molar-refractivity contribution in [2.24, 2.45) is 0 Å². The van der Waals surface area contributed by atoms with Gasteiger partial charge in [-0.05, 0) is 35.4 Å². The van der Waals surface area contributed by atoms with Gasteiger partial charge in [-0.15, -0.1) is 0 Å². The zero-order valence-corrected chi connectivity index (χ0v) is 21.3. The van der Waals surface area contributed by atoms with Gasteiger partial charge in [-0.2, -0.15) is 0 Å². The standard InChI is InChI=1S/C27H32N2O7/c1-7-14-36-19-10-8-17(9-11-19)24(30)22-23(29(13-12-28(2)3)27(32)25(22)31)18-15-20(33-4)26(35-6)21(16-18)34-5/h7-11,15-16,23,30H,1,12-14H2,2-6H3. The summed E-state index contributed by atoms with van der Waals surface area (Å²) in [5.74, 6) is -0.431. The lowest BCUT2D eigenvalue weighted by molar-refractivity contribution is -0.857.